The first-order valence-electron chi connectivity index (χ1n) is 20.0. The fourth-order valence-electron chi connectivity index (χ4n) is 9.65. The van der Waals surface area contributed by atoms with Crippen LogP contribution in [0.1, 0.15) is 135 Å². The van der Waals surface area contributed by atoms with Gasteiger partial charge in [0.15, 0.2) is 0 Å². The summed E-state index contributed by atoms with van der Waals surface area (Å²) in [4.78, 5) is 4.45. The van der Waals surface area contributed by atoms with Gasteiger partial charge in [-0.1, -0.05) is 54.7 Å². The Morgan fingerprint density at radius 2 is 0.922 bits per heavy atom. The van der Waals surface area contributed by atoms with Gasteiger partial charge < -0.3 is 9.80 Å². The molecule has 0 aromatic heterocycles. The number of benzene rings is 3. The normalized spacial score (nSPS) is 19.1. The van der Waals surface area contributed by atoms with Crippen molar-refractivity contribution in [3.8, 4) is 0 Å². The van der Waals surface area contributed by atoms with Crippen molar-refractivity contribution < 1.29 is 15.7 Å². The van der Waals surface area contributed by atoms with Gasteiger partial charge in [-0.2, -0.15) is 0 Å². The van der Waals surface area contributed by atoms with Crippen molar-refractivity contribution in [2.75, 3.05) is 9.80 Å². The predicted molar refractivity (Wildman–Crippen MR) is 226 cm³/mol. The third-order valence-electron chi connectivity index (χ3n) is 11.6. The maximum absolute atomic E-state index is 5.57. The molecule has 2 nitrogen and oxygen atoms in total. The van der Waals surface area contributed by atoms with Crippen LogP contribution in [-0.4, -0.2) is 21.6 Å². The summed E-state index contributed by atoms with van der Waals surface area (Å²) in [6.07, 6.45) is 28.1. The average Bonchev–Trinajstić information content (AvgIpc) is 3.59. The second kappa shape index (κ2) is 20.6. The van der Waals surface area contributed by atoms with E-state index in [-0.39, 0.29) is 23.6 Å². The molecule has 51 heavy (non-hydrogen) atoms. The third kappa shape index (κ3) is 11.6. The Kier molecular flexibility index (Phi) is 16.3. The van der Waals surface area contributed by atoms with Gasteiger partial charge in [0.2, 0.25) is 0 Å². The summed E-state index contributed by atoms with van der Waals surface area (Å²) in [5.41, 5.74) is 15.3. The molecule has 3 saturated carbocycles. The van der Waals surface area contributed by atoms with E-state index in [9.17, 15) is 0 Å². The second-order valence-corrected chi connectivity index (χ2v) is 21.1. The Bertz CT molecular complexity index is 1410. The van der Waals surface area contributed by atoms with Crippen molar-refractivity contribution in [2.24, 2.45) is 0 Å². The number of aryl methyl sites for hydroxylation is 6. The summed E-state index contributed by atoms with van der Waals surface area (Å²) in [5.74, 6) is 0. The Balaban J connectivity index is 0.000000162. The summed E-state index contributed by atoms with van der Waals surface area (Å²) in [6, 6.07) is 19.1. The Morgan fingerprint density at radius 1 is 0.569 bits per heavy atom. The maximum atomic E-state index is 5.57. The number of hydrogen-bond acceptors (Lipinski definition) is 2. The van der Waals surface area contributed by atoms with Crippen molar-refractivity contribution in [2.45, 2.75) is 155 Å². The van der Waals surface area contributed by atoms with E-state index in [1.165, 1.54) is 67.3 Å². The van der Waals surface area contributed by atoms with Crippen molar-refractivity contribution in [3.05, 3.63) is 113 Å². The molecule has 7 rings (SSSR count). The zero-order valence-corrected chi connectivity index (χ0v) is 36.0. The first-order chi connectivity index (χ1) is 24.7. The molecule has 0 bridgehead atoms. The van der Waals surface area contributed by atoms with Crippen LogP contribution in [0.4, 0.5) is 11.4 Å². The van der Waals surface area contributed by atoms with Gasteiger partial charge in [-0.15, -0.1) is 6.67 Å². The Morgan fingerprint density at radius 3 is 1.25 bits per heavy atom. The minimum atomic E-state index is -0.0765. The van der Waals surface area contributed by atoms with Crippen LogP contribution in [0.15, 0.2) is 67.0 Å². The summed E-state index contributed by atoms with van der Waals surface area (Å²) in [7, 11) is 5.52. The number of halogens is 1. The van der Waals surface area contributed by atoms with E-state index in [1.807, 2.05) is 18.2 Å². The zero-order chi connectivity index (χ0) is 36.2. The monoisotopic (exact) mass is 813 g/mol. The van der Waals surface area contributed by atoms with E-state index in [2.05, 4.69) is 111 Å². The first kappa shape index (κ1) is 40.4. The fourth-order valence-corrected chi connectivity index (χ4v) is 16.0. The predicted octanol–water partition coefficient (Wildman–Crippen LogP) is 13.7. The topological polar surface area (TPSA) is 6.48 Å². The van der Waals surface area contributed by atoms with E-state index in [0.29, 0.717) is 0 Å². The Hall–Kier alpha value is -1.79. The summed E-state index contributed by atoms with van der Waals surface area (Å²) < 4.78 is 2.06. The molecule has 0 amide bonds. The van der Waals surface area contributed by atoms with Crippen molar-refractivity contribution in [1.82, 2.24) is 0 Å². The summed E-state index contributed by atoms with van der Waals surface area (Å²) in [5, 5.41) is 0. The molecule has 0 atom stereocenters. The molecule has 1 heterocycles. The van der Waals surface area contributed by atoms with Crippen LogP contribution >= 0.6 is 17.6 Å². The third-order valence-corrected chi connectivity index (χ3v) is 17.4. The molecule has 0 N–H and O–H groups in total. The van der Waals surface area contributed by atoms with Gasteiger partial charge in [-0.25, -0.2) is 0 Å². The van der Waals surface area contributed by atoms with Crippen molar-refractivity contribution in [1.29, 1.82) is 0 Å². The van der Waals surface area contributed by atoms with E-state index in [4.69, 9.17) is 9.69 Å². The van der Waals surface area contributed by atoms with Gasteiger partial charge >= 0.3 is 65.9 Å². The standard InChI is InChI=1S/C21H25N2.C18H33P.C7H6.ClH.Ru/c1-14-9-16(3)20(17(4)10-14)22-7-8-23(13-22)21-18(5)11-15(2)12-19(21)6;1-4-10-16(11-5-1)19(17-12-6-2-7-13-17)18-14-8-3-9-15-18;1-7-5-3-2-4-6-7;;/h7-13H,1-6H3;16-18H,1-15H2;1-6H;1H;/q-1;;;;+1. The SMILES string of the molecule is C1CCC([PH+](C2CCCCC2)C2CCCCC2)CC1.Cc1cc(C)c(N2C=CN(c3c(C)cc(C)cc3C)[CH-]2)c(C)c1.[Cl][Ru]=[CH]c1ccccc1. The van der Waals surface area contributed by atoms with Gasteiger partial charge in [-0.05, 0) is 153 Å². The van der Waals surface area contributed by atoms with E-state index in [1.54, 1.807) is 96.3 Å². The van der Waals surface area contributed by atoms with Crippen LogP contribution in [0, 0.1) is 48.2 Å². The van der Waals surface area contributed by atoms with Gasteiger partial charge in [0.1, 0.15) is 0 Å². The molecular formula is C46H65ClN2PRu. The van der Waals surface area contributed by atoms with Gasteiger partial charge in [0.25, 0.3) is 0 Å². The van der Waals surface area contributed by atoms with Gasteiger partial charge in [0, 0.05) is 19.3 Å². The van der Waals surface area contributed by atoms with Crippen LogP contribution in [0.3, 0.4) is 0 Å². The first-order valence-corrected chi connectivity index (χ1v) is 24.9. The molecule has 0 radical (unpaired) electrons. The molecule has 4 aliphatic rings. The van der Waals surface area contributed by atoms with Crippen LogP contribution in [0.2, 0.25) is 0 Å². The molecule has 279 valence electrons. The molecule has 0 saturated heterocycles. The molecule has 0 spiro atoms. The summed E-state index contributed by atoms with van der Waals surface area (Å²) in [6.45, 7) is 15.2. The summed E-state index contributed by atoms with van der Waals surface area (Å²) >= 11 is -0.0765. The average molecular weight is 814 g/mol. The van der Waals surface area contributed by atoms with Crippen molar-refractivity contribution in [3.63, 3.8) is 0 Å². The van der Waals surface area contributed by atoms with E-state index < -0.39 is 0 Å². The second-order valence-electron chi connectivity index (χ2n) is 15.8. The number of rotatable bonds is 6. The number of nitrogens with zero attached hydrogens (tertiary/aromatic N) is 2. The molecule has 0 unspecified atom stereocenters. The zero-order valence-electron chi connectivity index (χ0n) is 32.5. The minimum absolute atomic E-state index is 0.0465. The van der Waals surface area contributed by atoms with Crippen LogP contribution < -0.4 is 9.80 Å². The van der Waals surface area contributed by atoms with Gasteiger partial charge in [0.05, 0.1) is 17.0 Å². The number of hydrogen-bond donors (Lipinski definition) is 0. The van der Waals surface area contributed by atoms with Gasteiger partial charge in [-0.3, -0.25) is 0 Å². The molecule has 3 aliphatic carbocycles. The van der Waals surface area contributed by atoms with Crippen molar-refractivity contribution >= 4 is 33.6 Å². The molecule has 5 heteroatoms. The molecular weight excluding hydrogens is 748 g/mol. The van der Waals surface area contributed by atoms with E-state index in [0.717, 1.165) is 0 Å². The van der Waals surface area contributed by atoms with E-state index >= 15 is 0 Å². The molecule has 3 aromatic rings. The fraction of sp³-hybridized carbons (Fsp3) is 0.522. The molecule has 1 aliphatic heterocycles. The van der Waals surface area contributed by atoms with Crippen LogP contribution in [0.25, 0.3) is 0 Å². The van der Waals surface area contributed by atoms with Crippen LogP contribution in [0.5, 0.6) is 0 Å². The molecule has 3 fully saturated rings. The van der Waals surface area contributed by atoms with Crippen LogP contribution in [-0.2, 0) is 15.7 Å². The molecule has 3 aromatic carbocycles. The number of anilines is 2. The Labute approximate surface area is 324 Å². The quantitative estimate of drug-likeness (QED) is 0.139.